The van der Waals surface area contributed by atoms with Gasteiger partial charge in [0.1, 0.15) is 11.7 Å². The van der Waals surface area contributed by atoms with Crippen LogP contribution in [0.1, 0.15) is 5.69 Å². The lowest BCUT2D eigenvalue weighted by Gasteiger charge is -2.04. The van der Waals surface area contributed by atoms with E-state index in [1.807, 2.05) is 41.8 Å². The SMILES string of the molecule is N#Cc1nscc1-c1[nH]c2ncccc2c1Sc1ccc(Cl)cc1. The summed E-state index contributed by atoms with van der Waals surface area (Å²) in [5.74, 6) is 0. The minimum atomic E-state index is 0.421. The molecule has 1 N–H and O–H groups in total. The fraction of sp³-hybridized carbons (Fsp3) is 0. The van der Waals surface area contributed by atoms with Crippen LogP contribution in [-0.2, 0) is 0 Å². The van der Waals surface area contributed by atoms with Gasteiger partial charge in [-0.2, -0.15) is 9.64 Å². The van der Waals surface area contributed by atoms with Gasteiger partial charge in [0.25, 0.3) is 0 Å². The molecule has 3 aromatic heterocycles. The normalized spacial score (nSPS) is 10.8. The van der Waals surface area contributed by atoms with Gasteiger partial charge in [0.15, 0.2) is 5.69 Å². The molecule has 4 nitrogen and oxygen atoms in total. The van der Waals surface area contributed by atoms with E-state index in [0.717, 1.165) is 32.1 Å². The summed E-state index contributed by atoms with van der Waals surface area (Å²) in [4.78, 5) is 9.81. The van der Waals surface area contributed by atoms with Crippen LogP contribution in [0.2, 0.25) is 5.02 Å². The van der Waals surface area contributed by atoms with Crippen LogP contribution in [0.5, 0.6) is 0 Å². The van der Waals surface area contributed by atoms with Crippen molar-refractivity contribution in [2.24, 2.45) is 0 Å². The molecule has 7 heteroatoms. The van der Waals surface area contributed by atoms with Crippen LogP contribution in [0.15, 0.2) is 57.8 Å². The van der Waals surface area contributed by atoms with Crippen molar-refractivity contribution in [3.63, 3.8) is 0 Å². The molecule has 0 spiro atoms. The Morgan fingerprint density at radius 1 is 1.21 bits per heavy atom. The molecule has 0 unspecified atom stereocenters. The number of pyridine rings is 1. The van der Waals surface area contributed by atoms with E-state index in [2.05, 4.69) is 20.4 Å². The van der Waals surface area contributed by atoms with Crippen molar-refractivity contribution < 1.29 is 0 Å². The molecule has 116 valence electrons. The number of rotatable bonds is 3. The molecule has 3 heterocycles. The number of aromatic amines is 1. The van der Waals surface area contributed by atoms with Gasteiger partial charge in [0, 0.05) is 37.3 Å². The number of benzene rings is 1. The maximum atomic E-state index is 9.30. The second kappa shape index (κ2) is 6.29. The van der Waals surface area contributed by atoms with E-state index < -0.39 is 0 Å². The van der Waals surface area contributed by atoms with Gasteiger partial charge in [-0.05, 0) is 47.9 Å². The summed E-state index contributed by atoms with van der Waals surface area (Å²) in [6.07, 6.45) is 1.75. The van der Waals surface area contributed by atoms with E-state index in [1.165, 1.54) is 11.5 Å². The first-order valence-electron chi connectivity index (χ1n) is 7.01. The Hall–Kier alpha value is -2.33. The van der Waals surface area contributed by atoms with Crippen LogP contribution in [0.25, 0.3) is 22.3 Å². The van der Waals surface area contributed by atoms with Gasteiger partial charge in [-0.1, -0.05) is 23.4 Å². The van der Waals surface area contributed by atoms with Crippen molar-refractivity contribution in [3.05, 3.63) is 58.7 Å². The summed E-state index contributed by atoms with van der Waals surface area (Å²) in [5, 5.41) is 12.9. The van der Waals surface area contributed by atoms with Crippen LogP contribution >= 0.6 is 34.9 Å². The summed E-state index contributed by atoms with van der Waals surface area (Å²) >= 11 is 8.86. The quantitative estimate of drug-likeness (QED) is 0.528. The molecule has 0 radical (unpaired) electrons. The predicted molar refractivity (Wildman–Crippen MR) is 97.5 cm³/mol. The minimum absolute atomic E-state index is 0.421. The van der Waals surface area contributed by atoms with E-state index in [1.54, 1.807) is 18.0 Å². The standard InChI is InChI=1S/C17H9ClN4S2/c18-10-3-5-11(6-4-10)24-16-12-2-1-7-20-17(12)21-15(16)13-9-23-22-14(13)8-19/h1-7,9H,(H,20,21). The van der Waals surface area contributed by atoms with E-state index in [0.29, 0.717) is 10.7 Å². The van der Waals surface area contributed by atoms with Crippen LogP contribution in [0.3, 0.4) is 0 Å². The Morgan fingerprint density at radius 3 is 2.83 bits per heavy atom. The number of halogens is 1. The molecule has 0 aliphatic heterocycles. The summed E-state index contributed by atoms with van der Waals surface area (Å²) in [7, 11) is 0. The third-order valence-electron chi connectivity index (χ3n) is 3.50. The molecular weight excluding hydrogens is 360 g/mol. The van der Waals surface area contributed by atoms with Crippen LogP contribution in [0, 0.1) is 11.3 Å². The maximum absolute atomic E-state index is 9.30. The average molecular weight is 369 g/mol. The van der Waals surface area contributed by atoms with Crippen molar-refractivity contribution in [2.45, 2.75) is 9.79 Å². The number of hydrogen-bond donors (Lipinski definition) is 1. The highest BCUT2D eigenvalue weighted by Crippen LogP contribution is 2.41. The zero-order valence-corrected chi connectivity index (χ0v) is 14.5. The second-order valence-electron chi connectivity index (χ2n) is 4.97. The molecule has 4 aromatic rings. The van der Waals surface area contributed by atoms with E-state index in [4.69, 9.17) is 11.6 Å². The van der Waals surface area contributed by atoms with Gasteiger partial charge < -0.3 is 4.98 Å². The van der Waals surface area contributed by atoms with Crippen molar-refractivity contribution >= 4 is 45.9 Å². The van der Waals surface area contributed by atoms with Crippen molar-refractivity contribution in [2.75, 3.05) is 0 Å². The highest BCUT2D eigenvalue weighted by molar-refractivity contribution is 7.99. The summed E-state index contributed by atoms with van der Waals surface area (Å²) in [6, 6.07) is 13.8. The topological polar surface area (TPSA) is 65.4 Å². The molecule has 0 atom stereocenters. The van der Waals surface area contributed by atoms with Gasteiger partial charge in [-0.15, -0.1) is 0 Å². The Bertz CT molecular complexity index is 1060. The Labute approximate surface area is 151 Å². The highest BCUT2D eigenvalue weighted by Gasteiger charge is 2.19. The number of H-pyrrole nitrogens is 1. The zero-order chi connectivity index (χ0) is 16.5. The van der Waals surface area contributed by atoms with Gasteiger partial charge >= 0.3 is 0 Å². The lowest BCUT2D eigenvalue weighted by Crippen LogP contribution is -1.83. The number of aromatic nitrogens is 3. The van der Waals surface area contributed by atoms with Gasteiger partial charge in [-0.3, -0.25) is 0 Å². The molecule has 0 saturated carbocycles. The Balaban J connectivity index is 1.90. The van der Waals surface area contributed by atoms with Crippen molar-refractivity contribution in [1.82, 2.24) is 14.3 Å². The second-order valence-corrected chi connectivity index (χ2v) is 7.12. The third kappa shape index (κ3) is 2.67. The molecule has 1 aromatic carbocycles. The smallest absolute Gasteiger partial charge is 0.163 e. The van der Waals surface area contributed by atoms with Crippen LogP contribution < -0.4 is 0 Å². The first-order valence-corrected chi connectivity index (χ1v) is 9.04. The molecule has 24 heavy (non-hydrogen) atoms. The Morgan fingerprint density at radius 2 is 2.04 bits per heavy atom. The fourth-order valence-electron chi connectivity index (χ4n) is 2.41. The average Bonchev–Trinajstić information content (AvgIpc) is 3.21. The van der Waals surface area contributed by atoms with Gasteiger partial charge in [0.05, 0.1) is 5.69 Å². The number of nitriles is 1. The molecule has 0 aliphatic rings. The molecule has 4 rings (SSSR count). The van der Waals surface area contributed by atoms with Crippen LogP contribution in [-0.4, -0.2) is 14.3 Å². The maximum Gasteiger partial charge on any atom is 0.163 e. The van der Waals surface area contributed by atoms with Crippen molar-refractivity contribution in [1.29, 1.82) is 5.26 Å². The largest absolute Gasteiger partial charge is 0.338 e. The minimum Gasteiger partial charge on any atom is -0.338 e. The van der Waals surface area contributed by atoms with Gasteiger partial charge in [-0.25, -0.2) is 4.98 Å². The summed E-state index contributed by atoms with van der Waals surface area (Å²) < 4.78 is 4.15. The number of fused-ring (bicyclic) bond motifs is 1. The molecule has 0 amide bonds. The molecule has 0 bridgehead atoms. The monoisotopic (exact) mass is 368 g/mol. The van der Waals surface area contributed by atoms with E-state index >= 15 is 0 Å². The molecule has 0 saturated heterocycles. The fourth-order valence-corrected chi connectivity index (χ4v) is 4.21. The lowest BCUT2D eigenvalue weighted by atomic mass is 10.2. The van der Waals surface area contributed by atoms with E-state index in [9.17, 15) is 5.26 Å². The third-order valence-corrected chi connectivity index (χ3v) is 5.52. The van der Waals surface area contributed by atoms with Gasteiger partial charge in [0.2, 0.25) is 0 Å². The molecule has 0 aliphatic carbocycles. The first-order chi connectivity index (χ1) is 11.8. The summed E-state index contributed by atoms with van der Waals surface area (Å²) in [6.45, 7) is 0. The number of hydrogen-bond acceptors (Lipinski definition) is 5. The summed E-state index contributed by atoms with van der Waals surface area (Å²) in [5.41, 5.74) is 2.88. The molecular formula is C17H9ClN4S2. The number of nitrogens with zero attached hydrogens (tertiary/aromatic N) is 3. The van der Waals surface area contributed by atoms with E-state index in [-0.39, 0.29) is 0 Å². The van der Waals surface area contributed by atoms with Crippen LogP contribution in [0.4, 0.5) is 0 Å². The zero-order valence-electron chi connectivity index (χ0n) is 12.2. The number of nitrogens with one attached hydrogen (secondary N) is 1. The highest BCUT2D eigenvalue weighted by atomic mass is 35.5. The first kappa shape index (κ1) is 15.2. The molecule has 0 fully saturated rings. The van der Waals surface area contributed by atoms with Crippen molar-refractivity contribution in [3.8, 4) is 17.3 Å². The predicted octanol–water partition coefficient (Wildman–Crippen LogP) is 5.36. The lowest BCUT2D eigenvalue weighted by molar-refractivity contribution is 1.31. The Kier molecular flexibility index (Phi) is 3.98.